The fourth-order valence-corrected chi connectivity index (χ4v) is 2.65. The van der Waals surface area contributed by atoms with Gasteiger partial charge in [-0.25, -0.2) is 0 Å². The molecule has 0 spiro atoms. The van der Waals surface area contributed by atoms with Crippen LogP contribution in [0, 0.1) is 0 Å². The molecule has 0 aromatic carbocycles. The molecule has 0 saturated carbocycles. The van der Waals surface area contributed by atoms with Gasteiger partial charge in [-0.1, -0.05) is 0 Å². The fourth-order valence-electron chi connectivity index (χ4n) is 2.65. The minimum atomic E-state index is -0.165. The van der Waals surface area contributed by atoms with Crippen molar-refractivity contribution in [2.45, 2.75) is 44.8 Å². The zero-order chi connectivity index (χ0) is 11.4. The SMILES string of the molecule is CCN(C(=O)C1CCCO1)C1CCCNC1. The number of carbonyl (C=O) groups excluding carboxylic acids is 1. The minimum Gasteiger partial charge on any atom is -0.368 e. The van der Waals surface area contributed by atoms with Crippen molar-refractivity contribution < 1.29 is 9.53 Å². The Morgan fingerprint density at radius 1 is 1.44 bits per heavy atom. The second kappa shape index (κ2) is 5.64. The van der Waals surface area contributed by atoms with Crippen LogP contribution in [-0.2, 0) is 9.53 Å². The van der Waals surface area contributed by atoms with Gasteiger partial charge in [-0.3, -0.25) is 4.79 Å². The van der Waals surface area contributed by atoms with E-state index in [1.165, 1.54) is 6.42 Å². The number of likely N-dealkylation sites (N-methyl/N-ethyl adjacent to an activating group) is 1. The van der Waals surface area contributed by atoms with Crippen LogP contribution in [0.2, 0.25) is 0 Å². The molecule has 2 aliphatic rings. The van der Waals surface area contributed by atoms with Crippen LogP contribution in [0.3, 0.4) is 0 Å². The lowest BCUT2D eigenvalue weighted by Gasteiger charge is -2.35. The second-order valence-corrected chi connectivity index (χ2v) is 4.63. The molecular weight excluding hydrogens is 204 g/mol. The van der Waals surface area contributed by atoms with Crippen molar-refractivity contribution in [1.29, 1.82) is 0 Å². The Kier molecular flexibility index (Phi) is 4.18. The third-order valence-corrected chi connectivity index (χ3v) is 3.54. The molecule has 2 saturated heterocycles. The van der Waals surface area contributed by atoms with Crippen LogP contribution in [0.25, 0.3) is 0 Å². The molecule has 2 unspecified atom stereocenters. The van der Waals surface area contributed by atoms with E-state index in [9.17, 15) is 4.79 Å². The molecule has 2 fully saturated rings. The molecule has 4 nitrogen and oxygen atoms in total. The van der Waals surface area contributed by atoms with E-state index in [1.54, 1.807) is 0 Å². The monoisotopic (exact) mass is 226 g/mol. The van der Waals surface area contributed by atoms with Crippen molar-refractivity contribution in [2.24, 2.45) is 0 Å². The molecule has 1 amide bonds. The summed E-state index contributed by atoms with van der Waals surface area (Å²) in [5, 5.41) is 3.36. The van der Waals surface area contributed by atoms with Gasteiger partial charge in [0.05, 0.1) is 0 Å². The predicted octanol–water partition coefficient (Wildman–Crippen LogP) is 0.766. The summed E-state index contributed by atoms with van der Waals surface area (Å²) in [6.07, 6.45) is 4.05. The number of ether oxygens (including phenoxy) is 1. The van der Waals surface area contributed by atoms with Crippen molar-refractivity contribution in [2.75, 3.05) is 26.2 Å². The van der Waals surface area contributed by atoms with Crippen molar-refractivity contribution in [3.63, 3.8) is 0 Å². The quantitative estimate of drug-likeness (QED) is 0.772. The number of piperidine rings is 1. The van der Waals surface area contributed by atoms with Gasteiger partial charge in [-0.2, -0.15) is 0 Å². The molecule has 2 rings (SSSR count). The number of nitrogens with one attached hydrogen (secondary N) is 1. The van der Waals surface area contributed by atoms with Crippen molar-refractivity contribution in [3.8, 4) is 0 Å². The smallest absolute Gasteiger partial charge is 0.251 e. The van der Waals surface area contributed by atoms with Gasteiger partial charge in [0.15, 0.2) is 0 Å². The zero-order valence-electron chi connectivity index (χ0n) is 10.1. The van der Waals surface area contributed by atoms with Gasteiger partial charge in [0.1, 0.15) is 6.10 Å². The number of rotatable bonds is 3. The maximum atomic E-state index is 12.2. The van der Waals surface area contributed by atoms with Gasteiger partial charge in [-0.15, -0.1) is 0 Å². The summed E-state index contributed by atoms with van der Waals surface area (Å²) < 4.78 is 5.48. The summed E-state index contributed by atoms with van der Waals surface area (Å²) in [5.74, 6) is 0.203. The Hall–Kier alpha value is -0.610. The summed E-state index contributed by atoms with van der Waals surface area (Å²) in [6, 6.07) is 0.371. The minimum absolute atomic E-state index is 0.165. The lowest BCUT2D eigenvalue weighted by molar-refractivity contribution is -0.143. The predicted molar refractivity (Wildman–Crippen MR) is 62.3 cm³/mol. The molecule has 2 heterocycles. The first-order valence-corrected chi connectivity index (χ1v) is 6.45. The number of hydrogen-bond donors (Lipinski definition) is 1. The molecule has 92 valence electrons. The van der Waals surface area contributed by atoms with E-state index < -0.39 is 0 Å². The molecule has 4 heteroatoms. The van der Waals surface area contributed by atoms with Crippen LogP contribution in [0.5, 0.6) is 0 Å². The number of hydrogen-bond acceptors (Lipinski definition) is 3. The van der Waals surface area contributed by atoms with Crippen LogP contribution in [0.4, 0.5) is 0 Å². The van der Waals surface area contributed by atoms with E-state index in [2.05, 4.69) is 12.2 Å². The zero-order valence-corrected chi connectivity index (χ0v) is 10.1. The van der Waals surface area contributed by atoms with Crippen LogP contribution >= 0.6 is 0 Å². The number of carbonyl (C=O) groups is 1. The second-order valence-electron chi connectivity index (χ2n) is 4.63. The third kappa shape index (κ3) is 2.55. The molecule has 0 aliphatic carbocycles. The van der Waals surface area contributed by atoms with E-state index in [0.29, 0.717) is 6.04 Å². The molecule has 0 radical (unpaired) electrons. The summed E-state index contributed by atoms with van der Waals surface area (Å²) in [6.45, 7) is 5.62. The molecule has 0 bridgehead atoms. The van der Waals surface area contributed by atoms with Crippen LogP contribution in [-0.4, -0.2) is 49.2 Å². The van der Waals surface area contributed by atoms with Gasteiger partial charge >= 0.3 is 0 Å². The average molecular weight is 226 g/mol. The summed E-state index contributed by atoms with van der Waals surface area (Å²) in [7, 11) is 0. The van der Waals surface area contributed by atoms with Crippen molar-refractivity contribution in [3.05, 3.63) is 0 Å². The summed E-state index contributed by atoms with van der Waals surface area (Å²) in [5.41, 5.74) is 0. The van der Waals surface area contributed by atoms with Gasteiger partial charge in [-0.05, 0) is 39.2 Å². The lowest BCUT2D eigenvalue weighted by atomic mass is 10.0. The van der Waals surface area contributed by atoms with Crippen LogP contribution in [0.1, 0.15) is 32.6 Å². The van der Waals surface area contributed by atoms with E-state index >= 15 is 0 Å². The highest BCUT2D eigenvalue weighted by molar-refractivity contribution is 5.81. The molecule has 0 aromatic heterocycles. The van der Waals surface area contributed by atoms with Gasteiger partial charge in [0.25, 0.3) is 5.91 Å². The number of amides is 1. The molecule has 2 atom stereocenters. The highest BCUT2D eigenvalue weighted by Crippen LogP contribution is 2.18. The average Bonchev–Trinajstić information content (AvgIpc) is 2.85. The first kappa shape index (κ1) is 11.9. The Labute approximate surface area is 97.3 Å². The fraction of sp³-hybridized carbons (Fsp3) is 0.917. The topological polar surface area (TPSA) is 41.6 Å². The van der Waals surface area contributed by atoms with E-state index in [4.69, 9.17) is 4.74 Å². The Balaban J connectivity index is 1.94. The van der Waals surface area contributed by atoms with Gasteiger partial charge < -0.3 is 15.0 Å². The molecular formula is C12H22N2O2. The molecule has 2 aliphatic heterocycles. The maximum Gasteiger partial charge on any atom is 0.251 e. The largest absolute Gasteiger partial charge is 0.368 e. The highest BCUT2D eigenvalue weighted by Gasteiger charge is 2.31. The van der Waals surface area contributed by atoms with E-state index in [-0.39, 0.29) is 12.0 Å². The van der Waals surface area contributed by atoms with Crippen molar-refractivity contribution >= 4 is 5.91 Å². The summed E-state index contributed by atoms with van der Waals surface area (Å²) >= 11 is 0. The van der Waals surface area contributed by atoms with E-state index in [1.807, 2.05) is 4.90 Å². The summed E-state index contributed by atoms with van der Waals surface area (Å²) in [4.78, 5) is 14.3. The van der Waals surface area contributed by atoms with Crippen molar-refractivity contribution in [1.82, 2.24) is 10.2 Å². The lowest BCUT2D eigenvalue weighted by Crippen LogP contribution is -2.51. The van der Waals surface area contributed by atoms with Crippen LogP contribution in [0.15, 0.2) is 0 Å². The first-order valence-electron chi connectivity index (χ1n) is 6.45. The Morgan fingerprint density at radius 2 is 2.31 bits per heavy atom. The maximum absolute atomic E-state index is 12.2. The highest BCUT2D eigenvalue weighted by atomic mass is 16.5. The normalized spacial score (nSPS) is 30.3. The molecule has 16 heavy (non-hydrogen) atoms. The standard InChI is InChI=1S/C12H22N2O2/c1-2-14(10-5-3-7-13-9-10)12(15)11-6-4-8-16-11/h10-11,13H,2-9H2,1H3. The van der Waals surface area contributed by atoms with Crippen LogP contribution < -0.4 is 5.32 Å². The van der Waals surface area contributed by atoms with E-state index in [0.717, 1.165) is 45.5 Å². The molecule has 1 N–H and O–H groups in total. The first-order chi connectivity index (χ1) is 7.83. The van der Waals surface area contributed by atoms with Gasteiger partial charge in [0, 0.05) is 25.7 Å². The Morgan fingerprint density at radius 3 is 2.88 bits per heavy atom. The molecule has 0 aromatic rings. The third-order valence-electron chi connectivity index (χ3n) is 3.54. The van der Waals surface area contributed by atoms with Gasteiger partial charge in [0.2, 0.25) is 0 Å². The Bertz CT molecular complexity index is 233. The number of nitrogens with zero attached hydrogens (tertiary/aromatic N) is 1.